The van der Waals surface area contributed by atoms with E-state index < -0.39 is 5.97 Å². The van der Waals surface area contributed by atoms with Gasteiger partial charge in [-0.15, -0.1) is 0 Å². The number of halogens is 1. The Bertz CT molecular complexity index is 424. The fraction of sp³-hybridized carbons (Fsp3) is 0.167. The first-order valence-electron chi connectivity index (χ1n) is 4.74. The van der Waals surface area contributed by atoms with Crippen molar-refractivity contribution in [1.29, 1.82) is 0 Å². The number of rotatable bonds is 5. The van der Waals surface area contributed by atoms with E-state index in [-0.39, 0.29) is 6.42 Å². The van der Waals surface area contributed by atoms with E-state index in [0.29, 0.717) is 17.0 Å². The lowest BCUT2D eigenvalue weighted by atomic mass is 10.1. The van der Waals surface area contributed by atoms with E-state index >= 15 is 0 Å². The van der Waals surface area contributed by atoms with E-state index in [1.165, 1.54) is 0 Å². The summed E-state index contributed by atoms with van der Waals surface area (Å²) in [5, 5.41) is 9.11. The second kappa shape index (κ2) is 6.08. The lowest BCUT2D eigenvalue weighted by molar-refractivity contribution is -0.136. The van der Waals surface area contributed by atoms with Crippen LogP contribution >= 0.6 is 11.6 Å². The zero-order valence-electron chi connectivity index (χ0n) is 8.52. The SMILES string of the molecule is O=CCC=Cc1ccc(Cl)c(CC(=O)O)c1. The van der Waals surface area contributed by atoms with Crippen LogP contribution in [0.2, 0.25) is 5.02 Å². The van der Waals surface area contributed by atoms with Gasteiger partial charge in [0.2, 0.25) is 0 Å². The summed E-state index contributed by atoms with van der Waals surface area (Å²) in [5.41, 5.74) is 1.41. The molecule has 0 bridgehead atoms. The molecule has 0 atom stereocenters. The summed E-state index contributed by atoms with van der Waals surface area (Å²) in [6.07, 6.45) is 4.51. The maximum atomic E-state index is 10.6. The minimum absolute atomic E-state index is 0.103. The Hall–Kier alpha value is -1.61. The number of carboxylic acids is 1. The van der Waals surface area contributed by atoms with Gasteiger partial charge >= 0.3 is 5.97 Å². The van der Waals surface area contributed by atoms with Crippen molar-refractivity contribution in [2.75, 3.05) is 0 Å². The molecular formula is C12H11ClO3. The summed E-state index contributed by atoms with van der Waals surface area (Å²) in [5.74, 6) is -0.920. The van der Waals surface area contributed by atoms with Crippen LogP contribution in [0.15, 0.2) is 24.3 Å². The summed E-state index contributed by atoms with van der Waals surface area (Å²) >= 11 is 5.86. The molecule has 1 rings (SSSR count). The van der Waals surface area contributed by atoms with E-state index in [1.807, 2.05) is 0 Å². The maximum Gasteiger partial charge on any atom is 0.307 e. The minimum Gasteiger partial charge on any atom is -0.481 e. The Morgan fingerprint density at radius 2 is 2.19 bits per heavy atom. The van der Waals surface area contributed by atoms with Crippen molar-refractivity contribution in [3.8, 4) is 0 Å². The number of carboxylic acid groups (broad SMARTS) is 1. The quantitative estimate of drug-likeness (QED) is 0.802. The smallest absolute Gasteiger partial charge is 0.307 e. The number of benzene rings is 1. The zero-order valence-corrected chi connectivity index (χ0v) is 9.28. The Morgan fingerprint density at radius 1 is 1.44 bits per heavy atom. The molecule has 0 amide bonds. The standard InChI is InChI=1S/C12H11ClO3/c13-11-5-4-9(3-1-2-6-14)7-10(11)8-12(15)16/h1,3-7H,2,8H2,(H,15,16). The van der Waals surface area contributed by atoms with Gasteiger partial charge in [-0.25, -0.2) is 0 Å². The molecule has 0 aliphatic carbocycles. The van der Waals surface area contributed by atoms with Crippen molar-refractivity contribution in [2.45, 2.75) is 12.8 Å². The molecule has 0 fully saturated rings. The molecule has 0 heterocycles. The highest BCUT2D eigenvalue weighted by molar-refractivity contribution is 6.31. The largest absolute Gasteiger partial charge is 0.481 e. The van der Waals surface area contributed by atoms with Gasteiger partial charge in [-0.05, 0) is 23.3 Å². The van der Waals surface area contributed by atoms with Crippen molar-refractivity contribution >= 4 is 29.9 Å². The molecule has 0 spiro atoms. The Morgan fingerprint density at radius 3 is 2.81 bits per heavy atom. The first kappa shape index (κ1) is 12.5. The van der Waals surface area contributed by atoms with Crippen molar-refractivity contribution in [3.05, 3.63) is 40.4 Å². The van der Waals surface area contributed by atoms with Crippen LogP contribution in [0.4, 0.5) is 0 Å². The average molecular weight is 239 g/mol. The predicted octanol–water partition coefficient (Wildman–Crippen LogP) is 2.57. The number of aldehydes is 1. The molecule has 0 saturated carbocycles. The molecule has 0 aromatic heterocycles. The minimum atomic E-state index is -0.920. The van der Waals surface area contributed by atoms with Crippen LogP contribution in [0, 0.1) is 0 Å². The van der Waals surface area contributed by atoms with Crippen molar-refractivity contribution in [1.82, 2.24) is 0 Å². The van der Waals surface area contributed by atoms with Gasteiger partial charge in [0, 0.05) is 11.4 Å². The summed E-state index contributed by atoms with van der Waals surface area (Å²) in [7, 11) is 0. The summed E-state index contributed by atoms with van der Waals surface area (Å²) in [6, 6.07) is 5.13. The van der Waals surface area contributed by atoms with Crippen LogP contribution in [0.5, 0.6) is 0 Å². The normalized spacial score (nSPS) is 10.6. The van der Waals surface area contributed by atoms with Crippen LogP contribution < -0.4 is 0 Å². The van der Waals surface area contributed by atoms with Crippen molar-refractivity contribution < 1.29 is 14.7 Å². The van der Waals surface area contributed by atoms with E-state index in [1.54, 1.807) is 30.4 Å². The third-order valence-electron chi connectivity index (χ3n) is 1.95. The molecule has 0 aliphatic heterocycles. The van der Waals surface area contributed by atoms with Gasteiger partial charge in [-0.1, -0.05) is 29.8 Å². The van der Waals surface area contributed by atoms with Crippen molar-refractivity contribution in [3.63, 3.8) is 0 Å². The Labute approximate surface area is 98.4 Å². The predicted molar refractivity (Wildman–Crippen MR) is 62.5 cm³/mol. The maximum absolute atomic E-state index is 10.6. The molecule has 4 heteroatoms. The summed E-state index contributed by atoms with van der Waals surface area (Å²) in [4.78, 5) is 20.7. The lowest BCUT2D eigenvalue weighted by Crippen LogP contribution is -2.00. The number of carbonyl (C=O) groups is 2. The van der Waals surface area contributed by atoms with E-state index in [9.17, 15) is 9.59 Å². The first-order chi connectivity index (χ1) is 7.63. The zero-order chi connectivity index (χ0) is 12.0. The number of carbonyl (C=O) groups excluding carboxylic acids is 1. The molecule has 0 aliphatic rings. The first-order valence-corrected chi connectivity index (χ1v) is 5.11. The molecule has 1 aromatic rings. The molecular weight excluding hydrogens is 228 g/mol. The highest BCUT2D eigenvalue weighted by Gasteiger charge is 2.05. The number of allylic oxidation sites excluding steroid dienone is 1. The third kappa shape index (κ3) is 3.87. The van der Waals surface area contributed by atoms with E-state index in [0.717, 1.165) is 11.8 Å². The summed E-state index contributed by atoms with van der Waals surface area (Å²) < 4.78 is 0. The monoisotopic (exact) mass is 238 g/mol. The number of aliphatic carboxylic acids is 1. The highest BCUT2D eigenvalue weighted by Crippen LogP contribution is 2.19. The van der Waals surface area contributed by atoms with Gasteiger partial charge in [0.05, 0.1) is 6.42 Å². The molecule has 0 unspecified atom stereocenters. The van der Waals surface area contributed by atoms with Crippen LogP contribution in [-0.4, -0.2) is 17.4 Å². The molecule has 84 valence electrons. The molecule has 0 saturated heterocycles. The van der Waals surface area contributed by atoms with Gasteiger partial charge in [-0.3, -0.25) is 4.79 Å². The summed E-state index contributed by atoms with van der Waals surface area (Å²) in [6.45, 7) is 0. The Kier molecular flexibility index (Phi) is 4.73. The lowest BCUT2D eigenvalue weighted by Gasteiger charge is -2.02. The second-order valence-corrected chi connectivity index (χ2v) is 3.63. The van der Waals surface area contributed by atoms with Crippen LogP contribution in [0.3, 0.4) is 0 Å². The van der Waals surface area contributed by atoms with E-state index in [2.05, 4.69) is 0 Å². The van der Waals surface area contributed by atoms with Crippen LogP contribution in [0.1, 0.15) is 17.5 Å². The second-order valence-electron chi connectivity index (χ2n) is 3.23. The number of hydrogen-bond acceptors (Lipinski definition) is 2. The number of hydrogen-bond donors (Lipinski definition) is 1. The van der Waals surface area contributed by atoms with Crippen LogP contribution in [0.25, 0.3) is 6.08 Å². The molecule has 0 radical (unpaired) electrons. The van der Waals surface area contributed by atoms with Gasteiger partial charge in [0.25, 0.3) is 0 Å². The van der Waals surface area contributed by atoms with Gasteiger partial charge in [-0.2, -0.15) is 0 Å². The third-order valence-corrected chi connectivity index (χ3v) is 2.32. The molecule has 16 heavy (non-hydrogen) atoms. The Balaban J connectivity index is 2.88. The molecule has 1 N–H and O–H groups in total. The topological polar surface area (TPSA) is 54.4 Å². The molecule has 1 aromatic carbocycles. The van der Waals surface area contributed by atoms with E-state index in [4.69, 9.17) is 16.7 Å². The average Bonchev–Trinajstić information content (AvgIpc) is 2.22. The van der Waals surface area contributed by atoms with Gasteiger partial charge in [0.15, 0.2) is 0 Å². The fourth-order valence-electron chi connectivity index (χ4n) is 1.26. The van der Waals surface area contributed by atoms with Crippen LogP contribution in [-0.2, 0) is 16.0 Å². The highest BCUT2D eigenvalue weighted by atomic mass is 35.5. The molecule has 3 nitrogen and oxygen atoms in total. The van der Waals surface area contributed by atoms with Gasteiger partial charge < -0.3 is 9.90 Å². The van der Waals surface area contributed by atoms with Crippen molar-refractivity contribution in [2.24, 2.45) is 0 Å². The fourth-order valence-corrected chi connectivity index (χ4v) is 1.44. The van der Waals surface area contributed by atoms with Gasteiger partial charge in [0.1, 0.15) is 6.29 Å².